The van der Waals surface area contributed by atoms with Gasteiger partial charge in [-0.05, 0) is 0 Å². The lowest BCUT2D eigenvalue weighted by Crippen LogP contribution is -2.05. The van der Waals surface area contributed by atoms with Crippen LogP contribution >= 0.6 is 7.82 Å². The second-order valence-electron chi connectivity index (χ2n) is 0.869. The van der Waals surface area contributed by atoms with Gasteiger partial charge < -0.3 is 9.33 Å². The van der Waals surface area contributed by atoms with E-state index in [1.165, 1.54) is 7.05 Å². The Morgan fingerprint density at radius 3 is 2.50 bits per heavy atom. The summed E-state index contributed by atoms with van der Waals surface area (Å²) < 4.78 is 17.5. The minimum absolute atomic E-state index is 1.31. The molecule has 0 bridgehead atoms. The van der Waals surface area contributed by atoms with E-state index in [-0.39, 0.29) is 0 Å². The number of hydrogen-bond donors (Lipinski definition) is 2. The molecule has 0 saturated carbocycles. The van der Waals surface area contributed by atoms with E-state index >= 15 is 0 Å². The molecule has 7 heteroatoms. The molecule has 8 heavy (non-hydrogen) atoms. The van der Waals surface area contributed by atoms with Crippen LogP contribution in [-0.2, 0) is 13.6 Å². The Labute approximate surface area is 48.0 Å². The Bertz CT molecular complexity index is 106. The van der Waals surface area contributed by atoms with E-state index in [4.69, 9.17) is 4.89 Å². The van der Waals surface area contributed by atoms with E-state index < -0.39 is 7.82 Å². The molecule has 0 aromatic rings. The normalized spacial score (nSPS) is 17.8. The molecule has 0 fully saturated rings. The third-order valence-corrected chi connectivity index (χ3v) is 1.02. The van der Waals surface area contributed by atoms with Crippen molar-refractivity contribution in [3.05, 3.63) is 0 Å². The van der Waals surface area contributed by atoms with Crippen molar-refractivity contribution in [2.24, 2.45) is 0 Å². The van der Waals surface area contributed by atoms with Crippen molar-refractivity contribution >= 4 is 15.9 Å². The number of hydrogen-bond acceptors (Lipinski definition) is 4. The van der Waals surface area contributed by atoms with Gasteiger partial charge in [0.25, 0.3) is 8.05 Å². The van der Waals surface area contributed by atoms with Crippen LogP contribution in [0, 0.1) is 0 Å². The highest BCUT2D eigenvalue weighted by Gasteiger charge is 2.15. The highest BCUT2D eigenvalue weighted by molar-refractivity contribution is 7.48. The highest BCUT2D eigenvalue weighted by Crippen LogP contribution is 2.39. The summed E-state index contributed by atoms with van der Waals surface area (Å²) in [4.78, 5) is 8.25. The summed E-state index contributed by atoms with van der Waals surface area (Å²) in [5, 5.41) is 0. The van der Waals surface area contributed by atoms with Gasteiger partial charge in [-0.15, -0.1) is 0 Å². The third kappa shape index (κ3) is 3.18. The van der Waals surface area contributed by atoms with Crippen LogP contribution in [0.3, 0.4) is 0 Å². The molecule has 0 aromatic heterocycles. The fraction of sp³-hybridized carbons (Fsp3) is 1.00. The second kappa shape index (κ2) is 3.22. The molecular formula is CH5BNO4P. The van der Waals surface area contributed by atoms with Gasteiger partial charge in [0.1, 0.15) is 0 Å². The van der Waals surface area contributed by atoms with Crippen LogP contribution in [0.25, 0.3) is 0 Å². The molecule has 1 unspecified atom stereocenters. The number of rotatable bonds is 3. The largest absolute Gasteiger partial charge is 0.473 e. The van der Waals surface area contributed by atoms with Gasteiger partial charge in [-0.1, -0.05) is 0 Å². The molecule has 2 N–H and O–H groups in total. The third-order valence-electron chi connectivity index (χ3n) is 0.340. The standard InChI is InChI=1S/CH5BNO4P/c1-3-7-8(4,5)6-2/h3H,1H3,(H,4,5). The quantitative estimate of drug-likeness (QED) is 0.307. The summed E-state index contributed by atoms with van der Waals surface area (Å²) >= 11 is 0. The Kier molecular flexibility index (Phi) is 3.27. The first-order chi connectivity index (χ1) is 3.62. The zero-order valence-electron chi connectivity index (χ0n) is 4.20. The molecule has 0 spiro atoms. The summed E-state index contributed by atoms with van der Waals surface area (Å²) in [5.41, 5.74) is 1.94. The molecule has 5 nitrogen and oxygen atoms in total. The van der Waals surface area contributed by atoms with Crippen molar-refractivity contribution in [3.63, 3.8) is 0 Å². The maximum Gasteiger partial charge on any atom is 0.473 e. The van der Waals surface area contributed by atoms with Crippen LogP contribution < -0.4 is 5.48 Å². The van der Waals surface area contributed by atoms with Gasteiger partial charge >= 0.3 is 7.82 Å². The SMILES string of the molecule is [B]OP(=O)(O)ONC. The summed E-state index contributed by atoms with van der Waals surface area (Å²) in [6, 6.07) is 0. The smallest absolute Gasteiger partial charge is 0.361 e. The van der Waals surface area contributed by atoms with Gasteiger partial charge in [-0.25, -0.2) is 4.57 Å². The van der Waals surface area contributed by atoms with E-state index in [9.17, 15) is 4.57 Å². The second-order valence-corrected chi connectivity index (χ2v) is 2.20. The van der Waals surface area contributed by atoms with Gasteiger partial charge in [0.15, 0.2) is 0 Å². The zero-order chi connectivity index (χ0) is 6.62. The number of phosphoric acid groups is 1. The molecule has 0 amide bonds. The number of hydroxylamine groups is 1. The van der Waals surface area contributed by atoms with Gasteiger partial charge in [0.2, 0.25) is 0 Å². The van der Waals surface area contributed by atoms with Crippen LogP contribution in [0.5, 0.6) is 0 Å². The van der Waals surface area contributed by atoms with E-state index in [1.54, 1.807) is 0 Å². The van der Waals surface area contributed by atoms with Gasteiger partial charge in [0.05, 0.1) is 0 Å². The Morgan fingerprint density at radius 2 is 2.38 bits per heavy atom. The van der Waals surface area contributed by atoms with Crippen LogP contribution in [0.15, 0.2) is 0 Å². The van der Waals surface area contributed by atoms with Gasteiger partial charge in [-0.3, -0.25) is 0 Å². The summed E-state index contributed by atoms with van der Waals surface area (Å²) in [6.07, 6.45) is 0. The lowest BCUT2D eigenvalue weighted by Gasteiger charge is -2.05. The van der Waals surface area contributed by atoms with Crippen molar-refractivity contribution in [1.82, 2.24) is 5.48 Å². The lowest BCUT2D eigenvalue weighted by atomic mass is 10.6. The monoisotopic (exact) mass is 137 g/mol. The molecule has 0 rings (SSSR count). The summed E-state index contributed by atoms with van der Waals surface area (Å²) in [5.74, 6) is 0. The van der Waals surface area contributed by atoms with Crippen molar-refractivity contribution in [1.29, 1.82) is 0 Å². The first-order valence-corrected chi connectivity index (χ1v) is 3.18. The molecule has 0 aliphatic rings. The van der Waals surface area contributed by atoms with Crippen LogP contribution in [0.4, 0.5) is 0 Å². The predicted molar refractivity (Wildman–Crippen MR) is 26.8 cm³/mol. The van der Waals surface area contributed by atoms with Gasteiger partial charge in [-0.2, -0.15) is 10.1 Å². The molecule has 0 aromatic carbocycles. The molecule has 0 saturated heterocycles. The maximum atomic E-state index is 10.1. The zero-order valence-corrected chi connectivity index (χ0v) is 5.09. The lowest BCUT2D eigenvalue weighted by molar-refractivity contribution is 0.149. The van der Waals surface area contributed by atoms with Crippen molar-refractivity contribution in [2.75, 3.05) is 7.05 Å². The topological polar surface area (TPSA) is 67.8 Å². The molecule has 2 radical (unpaired) electrons. The van der Waals surface area contributed by atoms with E-state index in [0.29, 0.717) is 0 Å². The first kappa shape index (κ1) is 8.13. The molecule has 0 aliphatic carbocycles. The van der Waals surface area contributed by atoms with Crippen LogP contribution in [-0.4, -0.2) is 20.0 Å². The first-order valence-electron chi connectivity index (χ1n) is 1.69. The minimum atomic E-state index is -4.01. The van der Waals surface area contributed by atoms with Gasteiger partial charge in [0, 0.05) is 7.05 Å². The fourth-order valence-electron chi connectivity index (χ4n) is 0.137. The van der Waals surface area contributed by atoms with E-state index in [0.717, 1.165) is 0 Å². The van der Waals surface area contributed by atoms with Crippen LogP contribution in [0.2, 0.25) is 0 Å². The molecule has 1 atom stereocenters. The number of nitrogens with one attached hydrogen (secondary N) is 1. The average molecular weight is 137 g/mol. The molecule has 46 valence electrons. The van der Waals surface area contributed by atoms with Crippen molar-refractivity contribution in [3.8, 4) is 0 Å². The Hall–Kier alpha value is 0.135. The molecular weight excluding hydrogens is 132 g/mol. The minimum Gasteiger partial charge on any atom is -0.361 e. The fourth-order valence-corrected chi connectivity index (χ4v) is 0.411. The maximum absolute atomic E-state index is 10.1. The molecule has 0 aliphatic heterocycles. The predicted octanol–water partition coefficient (Wildman–Crippen LogP) is -0.662. The Morgan fingerprint density at radius 1 is 1.88 bits per heavy atom. The van der Waals surface area contributed by atoms with Crippen molar-refractivity contribution in [2.45, 2.75) is 0 Å². The van der Waals surface area contributed by atoms with E-state index in [2.05, 4.69) is 17.1 Å². The van der Waals surface area contributed by atoms with Crippen LogP contribution in [0.1, 0.15) is 0 Å². The summed E-state index contributed by atoms with van der Waals surface area (Å²) in [7, 11) is 1.61. The van der Waals surface area contributed by atoms with E-state index in [1.807, 2.05) is 5.48 Å². The molecule has 0 heterocycles. The van der Waals surface area contributed by atoms with Crippen molar-refractivity contribution < 1.29 is 18.5 Å². The average Bonchev–Trinajstić information content (AvgIpc) is 1.67. The summed E-state index contributed by atoms with van der Waals surface area (Å²) in [6.45, 7) is 0. The highest BCUT2D eigenvalue weighted by atomic mass is 31.2. The Balaban J connectivity index is 3.55.